The lowest BCUT2D eigenvalue weighted by Crippen LogP contribution is -2.38. The van der Waals surface area contributed by atoms with Gasteiger partial charge >= 0.3 is 0 Å². The van der Waals surface area contributed by atoms with Crippen molar-refractivity contribution in [1.82, 2.24) is 14.5 Å². The summed E-state index contributed by atoms with van der Waals surface area (Å²) in [6.45, 7) is 10.5. The molecule has 1 atom stereocenters. The highest BCUT2D eigenvalue weighted by atomic mass is 16.5. The minimum absolute atomic E-state index is 0.254. The first kappa shape index (κ1) is 15.3. The topological polar surface area (TPSA) is 51.5 Å². The molecule has 1 saturated heterocycles. The van der Waals surface area contributed by atoms with Gasteiger partial charge in [0.15, 0.2) is 0 Å². The van der Waals surface area contributed by atoms with Crippen LogP contribution in [0.3, 0.4) is 0 Å². The van der Waals surface area contributed by atoms with Crippen LogP contribution >= 0.6 is 0 Å². The van der Waals surface area contributed by atoms with Gasteiger partial charge in [-0.3, -0.25) is 4.90 Å². The van der Waals surface area contributed by atoms with Gasteiger partial charge in [0.25, 0.3) is 0 Å². The van der Waals surface area contributed by atoms with Crippen LogP contribution in [0.1, 0.15) is 12.6 Å². The van der Waals surface area contributed by atoms with Crippen molar-refractivity contribution in [3.63, 3.8) is 0 Å². The second-order valence-electron chi connectivity index (χ2n) is 5.35. The number of anilines is 1. The van der Waals surface area contributed by atoms with Gasteiger partial charge in [-0.15, -0.1) is 0 Å². The third-order valence-electron chi connectivity index (χ3n) is 3.45. The predicted octanol–water partition coefficient (Wildman–Crippen LogP) is 0.971. The van der Waals surface area contributed by atoms with Gasteiger partial charge in [0.05, 0.1) is 25.5 Å². The molecule has 1 aromatic rings. The number of aryl methyl sites for hydroxylation is 1. The third-order valence-corrected chi connectivity index (χ3v) is 3.45. The molecular formula is C14H26N4O2. The van der Waals surface area contributed by atoms with Gasteiger partial charge < -0.3 is 19.4 Å². The summed E-state index contributed by atoms with van der Waals surface area (Å²) < 4.78 is 12.7. The average Bonchev–Trinajstić information content (AvgIpc) is 2.78. The van der Waals surface area contributed by atoms with Crippen LogP contribution in [0, 0.1) is 6.92 Å². The average molecular weight is 282 g/mol. The van der Waals surface area contributed by atoms with Gasteiger partial charge in [-0.2, -0.15) is 0 Å². The molecule has 1 aliphatic heterocycles. The van der Waals surface area contributed by atoms with Gasteiger partial charge in [0.1, 0.15) is 0 Å². The van der Waals surface area contributed by atoms with Crippen LogP contribution in [0.15, 0.2) is 6.20 Å². The number of hydrogen-bond acceptors (Lipinski definition) is 5. The Balaban J connectivity index is 1.89. The van der Waals surface area contributed by atoms with Crippen LogP contribution < -0.4 is 5.32 Å². The van der Waals surface area contributed by atoms with Crippen molar-refractivity contribution in [3.8, 4) is 0 Å². The van der Waals surface area contributed by atoms with E-state index in [0.717, 1.165) is 51.0 Å². The number of rotatable bonds is 7. The first-order valence-corrected chi connectivity index (χ1v) is 7.28. The first-order chi connectivity index (χ1) is 9.69. The highest BCUT2D eigenvalue weighted by Gasteiger charge is 2.13. The largest absolute Gasteiger partial charge is 0.383 e. The Morgan fingerprint density at radius 2 is 2.15 bits per heavy atom. The van der Waals surface area contributed by atoms with E-state index in [1.807, 2.05) is 6.92 Å². The second-order valence-corrected chi connectivity index (χ2v) is 5.35. The summed E-state index contributed by atoms with van der Waals surface area (Å²) in [5.74, 6) is 0.931. The van der Waals surface area contributed by atoms with E-state index < -0.39 is 0 Å². The van der Waals surface area contributed by atoms with Gasteiger partial charge in [0.2, 0.25) is 5.95 Å². The Hall–Kier alpha value is -1.11. The van der Waals surface area contributed by atoms with Crippen molar-refractivity contribution in [2.75, 3.05) is 51.9 Å². The monoisotopic (exact) mass is 282 g/mol. The number of morpholine rings is 1. The van der Waals surface area contributed by atoms with Crippen LogP contribution in [-0.4, -0.2) is 67.1 Å². The standard InChI is InChI=1S/C14H26N4O2/c1-12-10-18(5-4-17-6-8-20-9-7-17)14(15-12)16-13(2)11-19-3/h10,13H,4-9,11H2,1-3H3,(H,15,16). The predicted molar refractivity (Wildman–Crippen MR) is 79.2 cm³/mol. The fourth-order valence-corrected chi connectivity index (χ4v) is 2.42. The highest BCUT2D eigenvalue weighted by Crippen LogP contribution is 2.10. The number of nitrogens with zero attached hydrogens (tertiary/aromatic N) is 3. The zero-order valence-electron chi connectivity index (χ0n) is 12.8. The summed E-state index contributed by atoms with van der Waals surface area (Å²) in [6, 6.07) is 0.254. The van der Waals surface area contributed by atoms with E-state index in [4.69, 9.17) is 9.47 Å². The Morgan fingerprint density at radius 1 is 1.40 bits per heavy atom. The van der Waals surface area contributed by atoms with Gasteiger partial charge in [0, 0.05) is 45.5 Å². The summed E-state index contributed by atoms with van der Waals surface area (Å²) in [5.41, 5.74) is 1.04. The van der Waals surface area contributed by atoms with Crippen molar-refractivity contribution in [2.24, 2.45) is 0 Å². The van der Waals surface area contributed by atoms with Crippen LogP contribution in [0.5, 0.6) is 0 Å². The first-order valence-electron chi connectivity index (χ1n) is 7.28. The third kappa shape index (κ3) is 4.47. The number of nitrogens with one attached hydrogen (secondary N) is 1. The Bertz CT molecular complexity index is 402. The SMILES string of the molecule is COCC(C)Nc1nc(C)cn1CCN1CCOCC1. The lowest BCUT2D eigenvalue weighted by atomic mass is 10.4. The quantitative estimate of drug-likeness (QED) is 0.807. The van der Waals surface area contributed by atoms with E-state index in [2.05, 4.69) is 32.9 Å². The number of hydrogen-bond donors (Lipinski definition) is 1. The van der Waals surface area contributed by atoms with E-state index in [-0.39, 0.29) is 6.04 Å². The molecule has 1 aromatic heterocycles. The fraction of sp³-hybridized carbons (Fsp3) is 0.786. The summed E-state index contributed by atoms with van der Waals surface area (Å²) in [4.78, 5) is 6.98. The van der Waals surface area contributed by atoms with E-state index in [0.29, 0.717) is 6.61 Å². The van der Waals surface area contributed by atoms with Gasteiger partial charge in [-0.1, -0.05) is 0 Å². The lowest BCUT2D eigenvalue weighted by molar-refractivity contribution is 0.0364. The maximum atomic E-state index is 5.37. The van der Waals surface area contributed by atoms with E-state index >= 15 is 0 Å². The molecule has 0 aliphatic carbocycles. The van der Waals surface area contributed by atoms with Crippen molar-refractivity contribution < 1.29 is 9.47 Å². The minimum atomic E-state index is 0.254. The summed E-state index contributed by atoms with van der Waals surface area (Å²) in [6.07, 6.45) is 2.10. The molecule has 6 heteroatoms. The maximum absolute atomic E-state index is 5.37. The molecule has 1 aliphatic rings. The van der Waals surface area contributed by atoms with Crippen molar-refractivity contribution >= 4 is 5.95 Å². The van der Waals surface area contributed by atoms with E-state index in [1.165, 1.54) is 0 Å². The number of methoxy groups -OCH3 is 1. The molecule has 114 valence electrons. The molecule has 0 amide bonds. The maximum Gasteiger partial charge on any atom is 0.203 e. The summed E-state index contributed by atoms with van der Waals surface area (Å²) >= 11 is 0. The van der Waals surface area contributed by atoms with Gasteiger partial charge in [-0.05, 0) is 13.8 Å². The van der Waals surface area contributed by atoms with Crippen molar-refractivity contribution in [2.45, 2.75) is 26.4 Å². The molecule has 1 unspecified atom stereocenters. The molecule has 2 heterocycles. The molecule has 2 rings (SSSR count). The Morgan fingerprint density at radius 3 is 2.85 bits per heavy atom. The molecule has 6 nitrogen and oxygen atoms in total. The van der Waals surface area contributed by atoms with Crippen LogP contribution in [0.2, 0.25) is 0 Å². The van der Waals surface area contributed by atoms with Crippen molar-refractivity contribution in [3.05, 3.63) is 11.9 Å². The molecule has 1 fully saturated rings. The fourth-order valence-electron chi connectivity index (χ4n) is 2.42. The van der Waals surface area contributed by atoms with Crippen LogP contribution in [0.25, 0.3) is 0 Å². The molecule has 0 spiro atoms. The lowest BCUT2D eigenvalue weighted by Gasteiger charge is -2.27. The normalized spacial score (nSPS) is 18.1. The Labute approximate surface area is 121 Å². The molecule has 0 radical (unpaired) electrons. The summed E-state index contributed by atoms with van der Waals surface area (Å²) in [5, 5.41) is 3.40. The second kappa shape index (κ2) is 7.61. The van der Waals surface area contributed by atoms with Gasteiger partial charge in [-0.25, -0.2) is 4.98 Å². The van der Waals surface area contributed by atoms with Crippen molar-refractivity contribution in [1.29, 1.82) is 0 Å². The molecule has 1 N–H and O–H groups in total. The highest BCUT2D eigenvalue weighted by molar-refractivity contribution is 5.30. The van der Waals surface area contributed by atoms with Crippen LogP contribution in [-0.2, 0) is 16.0 Å². The van der Waals surface area contributed by atoms with E-state index in [1.54, 1.807) is 7.11 Å². The zero-order valence-corrected chi connectivity index (χ0v) is 12.8. The number of ether oxygens (including phenoxy) is 2. The van der Waals surface area contributed by atoms with Crippen LogP contribution in [0.4, 0.5) is 5.95 Å². The number of imidazole rings is 1. The van der Waals surface area contributed by atoms with E-state index in [9.17, 15) is 0 Å². The number of aromatic nitrogens is 2. The zero-order chi connectivity index (χ0) is 14.4. The molecular weight excluding hydrogens is 256 g/mol. The molecule has 0 aromatic carbocycles. The molecule has 0 bridgehead atoms. The Kier molecular flexibility index (Phi) is 5.82. The minimum Gasteiger partial charge on any atom is -0.383 e. The smallest absolute Gasteiger partial charge is 0.203 e. The molecule has 20 heavy (non-hydrogen) atoms. The molecule has 0 saturated carbocycles. The summed E-state index contributed by atoms with van der Waals surface area (Å²) in [7, 11) is 1.72.